The van der Waals surface area contributed by atoms with E-state index in [-0.39, 0.29) is 5.56 Å². The van der Waals surface area contributed by atoms with E-state index in [0.29, 0.717) is 6.54 Å². The van der Waals surface area contributed by atoms with Crippen LogP contribution in [-0.2, 0) is 6.54 Å². The highest BCUT2D eigenvalue weighted by molar-refractivity contribution is 9.10. The van der Waals surface area contributed by atoms with Crippen LogP contribution in [0.1, 0.15) is 5.56 Å². The fraction of sp³-hybridized carbons (Fsp3) is 0.0625. The number of nitrogens with zero attached hydrogens (tertiary/aromatic N) is 3. The first kappa shape index (κ1) is 13.7. The number of halogens is 1. The highest BCUT2D eigenvalue weighted by Crippen LogP contribution is 2.18. The van der Waals surface area contributed by atoms with Crippen molar-refractivity contribution < 1.29 is 0 Å². The molecule has 0 N–H and O–H groups in total. The van der Waals surface area contributed by atoms with Crippen LogP contribution in [0, 0.1) is 0 Å². The van der Waals surface area contributed by atoms with Crippen LogP contribution in [0.3, 0.4) is 0 Å². The third-order valence-electron chi connectivity index (χ3n) is 3.09. The highest BCUT2D eigenvalue weighted by Gasteiger charge is 2.04. The predicted octanol–water partition coefficient (Wildman–Crippen LogP) is 3.12. The Bertz CT molecular complexity index is 798. The van der Waals surface area contributed by atoms with Crippen LogP contribution < -0.4 is 5.56 Å². The van der Waals surface area contributed by atoms with Gasteiger partial charge >= 0.3 is 0 Å². The Morgan fingerprint density at radius 2 is 1.67 bits per heavy atom. The van der Waals surface area contributed by atoms with Gasteiger partial charge < -0.3 is 0 Å². The number of benzene rings is 1. The van der Waals surface area contributed by atoms with Gasteiger partial charge in [-0.15, -0.1) is 0 Å². The van der Waals surface area contributed by atoms with Gasteiger partial charge in [0.1, 0.15) is 0 Å². The second kappa shape index (κ2) is 6.01. The molecule has 0 amide bonds. The van der Waals surface area contributed by atoms with Crippen LogP contribution in [0.25, 0.3) is 11.3 Å². The van der Waals surface area contributed by atoms with E-state index in [9.17, 15) is 4.79 Å². The van der Waals surface area contributed by atoms with E-state index in [4.69, 9.17) is 0 Å². The zero-order chi connectivity index (χ0) is 14.7. The normalized spacial score (nSPS) is 10.5. The summed E-state index contributed by atoms with van der Waals surface area (Å²) >= 11 is 3.41. The van der Waals surface area contributed by atoms with E-state index in [2.05, 4.69) is 26.0 Å². The van der Waals surface area contributed by atoms with Gasteiger partial charge in [-0.3, -0.25) is 9.78 Å². The zero-order valence-corrected chi connectivity index (χ0v) is 12.7. The van der Waals surface area contributed by atoms with Crippen molar-refractivity contribution in [2.75, 3.05) is 0 Å². The van der Waals surface area contributed by atoms with Crippen LogP contribution in [0.5, 0.6) is 0 Å². The fourth-order valence-electron chi connectivity index (χ4n) is 2.00. The Balaban J connectivity index is 1.96. The van der Waals surface area contributed by atoms with Crippen molar-refractivity contribution in [2.24, 2.45) is 0 Å². The molecule has 2 aromatic heterocycles. The number of pyridine rings is 1. The fourth-order valence-corrected chi connectivity index (χ4v) is 2.26. The van der Waals surface area contributed by atoms with Crippen molar-refractivity contribution in [3.63, 3.8) is 0 Å². The lowest BCUT2D eigenvalue weighted by atomic mass is 10.1. The summed E-state index contributed by atoms with van der Waals surface area (Å²) in [6.07, 6.45) is 3.41. The molecule has 0 radical (unpaired) electrons. The first-order chi connectivity index (χ1) is 10.2. The maximum absolute atomic E-state index is 11.9. The molecule has 0 spiro atoms. The Kier molecular flexibility index (Phi) is 3.92. The molecule has 3 rings (SSSR count). The number of rotatable bonds is 3. The summed E-state index contributed by atoms with van der Waals surface area (Å²) in [4.78, 5) is 15.9. The third-order valence-corrected chi connectivity index (χ3v) is 3.62. The average Bonchev–Trinajstić information content (AvgIpc) is 2.51. The van der Waals surface area contributed by atoms with E-state index >= 15 is 0 Å². The summed E-state index contributed by atoms with van der Waals surface area (Å²) in [5, 5.41) is 4.44. The lowest BCUT2D eigenvalue weighted by Gasteiger charge is -2.07. The van der Waals surface area contributed by atoms with Crippen LogP contribution in [0.15, 0.2) is 70.2 Å². The number of aromatic nitrogens is 3. The summed E-state index contributed by atoms with van der Waals surface area (Å²) in [5.74, 6) is 0. The van der Waals surface area contributed by atoms with Gasteiger partial charge in [-0.05, 0) is 35.9 Å². The molecular formula is C16H12BrN3O. The second-order valence-corrected chi connectivity index (χ2v) is 5.49. The van der Waals surface area contributed by atoms with Crippen molar-refractivity contribution in [1.82, 2.24) is 14.8 Å². The van der Waals surface area contributed by atoms with E-state index in [0.717, 1.165) is 21.3 Å². The first-order valence-electron chi connectivity index (χ1n) is 6.45. The molecule has 104 valence electrons. The standard InChI is InChI=1S/C16H12BrN3O/c17-14-3-1-13(2-4-14)15-5-6-16(21)20(19-15)11-12-7-9-18-10-8-12/h1-10H,11H2. The molecule has 0 atom stereocenters. The molecule has 0 aliphatic heterocycles. The molecule has 2 heterocycles. The molecule has 0 aliphatic carbocycles. The molecule has 5 heteroatoms. The first-order valence-corrected chi connectivity index (χ1v) is 7.25. The van der Waals surface area contributed by atoms with Crippen molar-refractivity contribution >= 4 is 15.9 Å². The van der Waals surface area contributed by atoms with Gasteiger partial charge in [-0.1, -0.05) is 28.1 Å². The monoisotopic (exact) mass is 341 g/mol. The maximum atomic E-state index is 11.9. The number of hydrogen-bond acceptors (Lipinski definition) is 3. The van der Waals surface area contributed by atoms with Gasteiger partial charge in [0.15, 0.2) is 0 Å². The third kappa shape index (κ3) is 3.25. The molecule has 3 aromatic rings. The van der Waals surface area contributed by atoms with Crippen LogP contribution in [0.2, 0.25) is 0 Å². The zero-order valence-electron chi connectivity index (χ0n) is 11.1. The molecule has 0 unspecified atom stereocenters. The summed E-state index contributed by atoms with van der Waals surface area (Å²) in [7, 11) is 0. The van der Waals surface area contributed by atoms with Crippen LogP contribution in [-0.4, -0.2) is 14.8 Å². The van der Waals surface area contributed by atoms with E-state index in [1.165, 1.54) is 4.68 Å². The Labute approximate surface area is 130 Å². The topological polar surface area (TPSA) is 47.8 Å². The van der Waals surface area contributed by atoms with Crippen molar-refractivity contribution in [3.05, 3.63) is 81.3 Å². The summed E-state index contributed by atoms with van der Waals surface area (Å²) in [5.41, 5.74) is 2.62. The minimum atomic E-state index is -0.118. The minimum Gasteiger partial charge on any atom is -0.268 e. The van der Waals surface area contributed by atoms with Gasteiger partial charge in [0, 0.05) is 28.5 Å². The minimum absolute atomic E-state index is 0.118. The molecule has 0 aliphatic rings. The molecule has 21 heavy (non-hydrogen) atoms. The molecule has 0 fully saturated rings. The summed E-state index contributed by atoms with van der Waals surface area (Å²) < 4.78 is 2.48. The Morgan fingerprint density at radius 1 is 0.952 bits per heavy atom. The molecular weight excluding hydrogens is 330 g/mol. The lowest BCUT2D eigenvalue weighted by molar-refractivity contribution is 0.642. The van der Waals surface area contributed by atoms with Crippen LogP contribution in [0.4, 0.5) is 0 Å². The highest BCUT2D eigenvalue weighted by atomic mass is 79.9. The smallest absolute Gasteiger partial charge is 0.267 e. The quantitative estimate of drug-likeness (QED) is 0.735. The molecule has 4 nitrogen and oxygen atoms in total. The van der Waals surface area contributed by atoms with Crippen molar-refractivity contribution in [2.45, 2.75) is 6.54 Å². The van der Waals surface area contributed by atoms with Gasteiger partial charge in [0.05, 0.1) is 12.2 Å². The second-order valence-electron chi connectivity index (χ2n) is 4.58. The Hall–Kier alpha value is -2.27. The van der Waals surface area contributed by atoms with Crippen molar-refractivity contribution in [1.29, 1.82) is 0 Å². The summed E-state index contributed by atoms with van der Waals surface area (Å²) in [6.45, 7) is 0.436. The van der Waals surface area contributed by atoms with Gasteiger partial charge in [-0.2, -0.15) is 5.10 Å². The molecule has 1 aromatic carbocycles. The van der Waals surface area contributed by atoms with E-state index < -0.39 is 0 Å². The van der Waals surface area contributed by atoms with E-state index in [1.54, 1.807) is 24.5 Å². The molecule has 0 saturated carbocycles. The lowest BCUT2D eigenvalue weighted by Crippen LogP contribution is -2.22. The van der Waals surface area contributed by atoms with Crippen LogP contribution >= 0.6 is 15.9 Å². The average molecular weight is 342 g/mol. The SMILES string of the molecule is O=c1ccc(-c2ccc(Br)cc2)nn1Cc1ccncc1. The van der Waals surface area contributed by atoms with Gasteiger partial charge in [0.25, 0.3) is 5.56 Å². The molecule has 0 saturated heterocycles. The number of hydrogen-bond donors (Lipinski definition) is 0. The van der Waals surface area contributed by atoms with Gasteiger partial charge in [0.2, 0.25) is 0 Å². The summed E-state index contributed by atoms with van der Waals surface area (Å²) in [6, 6.07) is 14.9. The predicted molar refractivity (Wildman–Crippen MR) is 85.0 cm³/mol. The Morgan fingerprint density at radius 3 is 2.38 bits per heavy atom. The van der Waals surface area contributed by atoms with Crippen molar-refractivity contribution in [3.8, 4) is 11.3 Å². The van der Waals surface area contributed by atoms with Gasteiger partial charge in [-0.25, -0.2) is 4.68 Å². The largest absolute Gasteiger partial charge is 0.268 e. The maximum Gasteiger partial charge on any atom is 0.267 e. The van der Waals surface area contributed by atoms with E-state index in [1.807, 2.05) is 36.4 Å². The molecule has 0 bridgehead atoms.